The van der Waals surface area contributed by atoms with Crippen LogP contribution in [0.2, 0.25) is 0 Å². The Hall–Kier alpha value is 0.190. The Balaban J connectivity index is 1.58. The zero-order chi connectivity index (χ0) is 13.1. The molecule has 1 spiro atoms. The van der Waals surface area contributed by atoms with Crippen LogP contribution in [0.25, 0.3) is 0 Å². The third-order valence-electron chi connectivity index (χ3n) is 4.99. The molecule has 0 bridgehead atoms. The molecule has 0 aromatic heterocycles. The topological polar surface area (TPSA) is 56.5 Å². The van der Waals surface area contributed by atoms with Crippen LogP contribution in [0.15, 0.2) is 0 Å². The average molecular weight is 286 g/mol. The van der Waals surface area contributed by atoms with Crippen LogP contribution in [0.5, 0.6) is 0 Å². The van der Waals surface area contributed by atoms with Crippen LogP contribution in [0, 0.1) is 11.8 Å². The molecule has 3 aliphatic heterocycles. The fourth-order valence-corrected chi connectivity index (χ4v) is 5.18. The minimum absolute atomic E-state index is 0.162. The van der Waals surface area contributed by atoms with E-state index in [2.05, 4.69) is 5.43 Å². The van der Waals surface area contributed by atoms with Crippen LogP contribution in [0.1, 0.15) is 32.1 Å². The highest BCUT2D eigenvalue weighted by atomic mass is 32.2. The predicted octanol–water partition coefficient (Wildman–Crippen LogP) is 1.55. The lowest BCUT2D eigenvalue weighted by molar-refractivity contribution is -0.0862. The molecular weight excluding hydrogens is 260 g/mol. The Morgan fingerprint density at radius 2 is 2.32 bits per heavy atom. The Morgan fingerprint density at radius 1 is 1.37 bits per heavy atom. The Morgan fingerprint density at radius 3 is 3.00 bits per heavy atom. The van der Waals surface area contributed by atoms with Crippen LogP contribution in [-0.4, -0.2) is 43.0 Å². The van der Waals surface area contributed by atoms with E-state index < -0.39 is 0 Å². The molecule has 4 unspecified atom stereocenters. The fraction of sp³-hybridized carbons (Fsp3) is 1.00. The highest BCUT2D eigenvalue weighted by Crippen LogP contribution is 2.42. The van der Waals surface area contributed by atoms with Gasteiger partial charge < -0.3 is 9.47 Å². The zero-order valence-corrected chi connectivity index (χ0v) is 12.4. The van der Waals surface area contributed by atoms with E-state index in [0.717, 1.165) is 32.7 Å². The monoisotopic (exact) mass is 286 g/mol. The van der Waals surface area contributed by atoms with Crippen molar-refractivity contribution in [3.63, 3.8) is 0 Å². The Labute approximate surface area is 120 Å². The SMILES string of the molecule is NNC(CC1CCOC1)C1CCOC2(CCSC2)C1. The van der Waals surface area contributed by atoms with Crippen molar-refractivity contribution < 1.29 is 9.47 Å². The Kier molecular flexibility index (Phi) is 4.70. The van der Waals surface area contributed by atoms with Crippen molar-refractivity contribution in [2.45, 2.75) is 43.7 Å². The van der Waals surface area contributed by atoms with E-state index in [1.54, 1.807) is 0 Å². The maximum Gasteiger partial charge on any atom is 0.0783 e. The number of ether oxygens (including phenoxy) is 2. The Bertz CT molecular complexity index is 291. The summed E-state index contributed by atoms with van der Waals surface area (Å²) in [4.78, 5) is 0. The van der Waals surface area contributed by atoms with E-state index in [1.165, 1.54) is 30.8 Å². The third-order valence-corrected chi connectivity index (χ3v) is 6.22. The summed E-state index contributed by atoms with van der Waals surface area (Å²) in [7, 11) is 0. The van der Waals surface area contributed by atoms with Gasteiger partial charge in [0.05, 0.1) is 5.60 Å². The molecule has 3 N–H and O–H groups in total. The number of nitrogens with two attached hydrogens (primary N) is 1. The van der Waals surface area contributed by atoms with Crippen molar-refractivity contribution in [2.75, 3.05) is 31.3 Å². The van der Waals surface area contributed by atoms with Gasteiger partial charge in [0.15, 0.2) is 0 Å². The smallest absolute Gasteiger partial charge is 0.0783 e. The van der Waals surface area contributed by atoms with Gasteiger partial charge in [-0.05, 0) is 49.7 Å². The molecule has 3 heterocycles. The van der Waals surface area contributed by atoms with Gasteiger partial charge >= 0.3 is 0 Å². The summed E-state index contributed by atoms with van der Waals surface area (Å²) in [6, 6.07) is 0.429. The molecule has 0 aromatic carbocycles. The number of rotatable bonds is 4. The molecule has 0 aliphatic carbocycles. The van der Waals surface area contributed by atoms with Crippen LogP contribution >= 0.6 is 11.8 Å². The largest absolute Gasteiger partial charge is 0.381 e. The molecule has 3 rings (SSSR count). The van der Waals surface area contributed by atoms with Gasteiger partial charge in [0, 0.05) is 31.6 Å². The summed E-state index contributed by atoms with van der Waals surface area (Å²) in [6.45, 7) is 2.75. The number of hydrogen-bond donors (Lipinski definition) is 2. The average Bonchev–Trinajstić information content (AvgIpc) is 3.08. The van der Waals surface area contributed by atoms with Crippen molar-refractivity contribution in [2.24, 2.45) is 17.7 Å². The molecule has 0 radical (unpaired) electrons. The van der Waals surface area contributed by atoms with Crippen LogP contribution in [-0.2, 0) is 9.47 Å². The van der Waals surface area contributed by atoms with E-state index in [1.807, 2.05) is 11.8 Å². The minimum atomic E-state index is 0.162. The highest BCUT2D eigenvalue weighted by Gasteiger charge is 2.42. The van der Waals surface area contributed by atoms with Gasteiger partial charge in [-0.15, -0.1) is 0 Å². The van der Waals surface area contributed by atoms with Crippen LogP contribution in [0.3, 0.4) is 0 Å². The lowest BCUT2D eigenvalue weighted by atomic mass is 9.78. The lowest BCUT2D eigenvalue weighted by Crippen LogP contribution is -2.49. The first kappa shape index (κ1) is 14.1. The van der Waals surface area contributed by atoms with E-state index in [-0.39, 0.29) is 5.60 Å². The van der Waals surface area contributed by atoms with Gasteiger partial charge in [0.2, 0.25) is 0 Å². The van der Waals surface area contributed by atoms with E-state index in [9.17, 15) is 0 Å². The second-order valence-corrected chi connectivity index (χ2v) is 7.43. The summed E-state index contributed by atoms with van der Waals surface area (Å²) >= 11 is 2.04. The first-order valence-electron chi connectivity index (χ1n) is 7.57. The van der Waals surface area contributed by atoms with Gasteiger partial charge in [-0.3, -0.25) is 11.3 Å². The number of nitrogens with one attached hydrogen (secondary N) is 1. The van der Waals surface area contributed by atoms with Crippen molar-refractivity contribution in [3.05, 3.63) is 0 Å². The molecule has 4 atom stereocenters. The highest BCUT2D eigenvalue weighted by molar-refractivity contribution is 7.99. The van der Waals surface area contributed by atoms with Crippen molar-refractivity contribution in [1.29, 1.82) is 0 Å². The van der Waals surface area contributed by atoms with E-state index >= 15 is 0 Å². The second-order valence-electron chi connectivity index (χ2n) is 6.33. The molecule has 110 valence electrons. The molecule has 4 nitrogen and oxygen atoms in total. The maximum atomic E-state index is 6.11. The summed E-state index contributed by atoms with van der Waals surface area (Å²) in [6.07, 6.45) is 5.90. The van der Waals surface area contributed by atoms with Gasteiger partial charge in [-0.25, -0.2) is 0 Å². The molecule has 19 heavy (non-hydrogen) atoms. The maximum absolute atomic E-state index is 6.11. The first-order valence-corrected chi connectivity index (χ1v) is 8.72. The second kappa shape index (κ2) is 6.31. The van der Waals surface area contributed by atoms with Crippen molar-refractivity contribution in [1.82, 2.24) is 5.43 Å². The molecule has 0 aromatic rings. The lowest BCUT2D eigenvalue weighted by Gasteiger charge is -2.41. The van der Waals surface area contributed by atoms with Gasteiger partial charge in [-0.1, -0.05) is 0 Å². The first-order chi connectivity index (χ1) is 9.31. The predicted molar refractivity (Wildman–Crippen MR) is 78.0 cm³/mol. The van der Waals surface area contributed by atoms with E-state index in [4.69, 9.17) is 15.3 Å². The van der Waals surface area contributed by atoms with Crippen molar-refractivity contribution >= 4 is 11.8 Å². The normalized spacial score (nSPS) is 40.9. The minimum Gasteiger partial charge on any atom is -0.381 e. The molecule has 3 fully saturated rings. The molecule has 5 heteroatoms. The fourth-order valence-electron chi connectivity index (χ4n) is 3.80. The summed E-state index contributed by atoms with van der Waals surface area (Å²) < 4.78 is 11.6. The van der Waals surface area contributed by atoms with E-state index in [0.29, 0.717) is 17.9 Å². The van der Waals surface area contributed by atoms with Gasteiger partial charge in [-0.2, -0.15) is 11.8 Å². The summed E-state index contributed by atoms with van der Waals surface area (Å²) in [5, 5.41) is 0. The van der Waals surface area contributed by atoms with Crippen LogP contribution in [0.4, 0.5) is 0 Å². The van der Waals surface area contributed by atoms with Gasteiger partial charge in [0.1, 0.15) is 0 Å². The quantitative estimate of drug-likeness (QED) is 0.606. The molecule has 0 saturated carbocycles. The molecular formula is C14H26N2O2S. The standard InChI is InChI=1S/C14H26N2O2S/c15-16-13(7-11-1-4-17-9-11)12-2-5-18-14(8-12)3-6-19-10-14/h11-13,16H,1-10,15H2. The zero-order valence-electron chi connectivity index (χ0n) is 11.6. The number of thioether (sulfide) groups is 1. The molecule has 3 saturated heterocycles. The molecule has 0 amide bonds. The summed E-state index contributed by atoms with van der Waals surface area (Å²) in [5.74, 6) is 9.62. The molecule has 3 aliphatic rings. The third kappa shape index (κ3) is 3.27. The number of hydrogen-bond acceptors (Lipinski definition) is 5. The van der Waals surface area contributed by atoms with Crippen LogP contribution < -0.4 is 11.3 Å². The van der Waals surface area contributed by atoms with Crippen molar-refractivity contribution in [3.8, 4) is 0 Å². The number of hydrazine groups is 1. The summed E-state index contributed by atoms with van der Waals surface area (Å²) in [5.41, 5.74) is 3.25. The van der Waals surface area contributed by atoms with Gasteiger partial charge in [0.25, 0.3) is 0 Å².